The maximum absolute atomic E-state index is 13.8. The van der Waals surface area contributed by atoms with Crippen LogP contribution in [0.15, 0.2) is 36.5 Å². The van der Waals surface area contributed by atoms with Crippen LogP contribution in [-0.4, -0.2) is 17.4 Å². The van der Waals surface area contributed by atoms with Gasteiger partial charge in [0.05, 0.1) is 11.3 Å². The number of carbonyl (C=O) groups is 1. The number of aromatic nitrogens is 1. The van der Waals surface area contributed by atoms with E-state index < -0.39 is 5.82 Å². The van der Waals surface area contributed by atoms with Gasteiger partial charge in [-0.3, -0.25) is 4.79 Å². The van der Waals surface area contributed by atoms with Crippen LogP contribution < -0.4 is 10.6 Å². The van der Waals surface area contributed by atoms with Crippen molar-refractivity contribution in [2.45, 2.75) is 20.3 Å². The minimum atomic E-state index is -0.449. The fraction of sp³-hybridized carbons (Fsp3) is 0.250. The lowest BCUT2D eigenvalue weighted by molar-refractivity contribution is 0.102. The van der Waals surface area contributed by atoms with Crippen molar-refractivity contribution in [2.24, 2.45) is 0 Å². The van der Waals surface area contributed by atoms with Crippen molar-refractivity contribution < 1.29 is 9.18 Å². The molecule has 1 aromatic carbocycles. The van der Waals surface area contributed by atoms with E-state index in [0.29, 0.717) is 16.9 Å². The molecule has 0 bridgehead atoms. The summed E-state index contributed by atoms with van der Waals surface area (Å²) in [6, 6.07) is 8.02. The lowest BCUT2D eigenvalue weighted by atomic mass is 10.1. The van der Waals surface area contributed by atoms with Crippen LogP contribution >= 0.6 is 0 Å². The monoisotopic (exact) mass is 287 g/mol. The Morgan fingerprint density at radius 2 is 2.10 bits per heavy atom. The lowest BCUT2D eigenvalue weighted by Crippen LogP contribution is -2.17. The van der Waals surface area contributed by atoms with E-state index in [1.807, 2.05) is 6.92 Å². The van der Waals surface area contributed by atoms with Gasteiger partial charge in [0.15, 0.2) is 0 Å². The highest BCUT2D eigenvalue weighted by Gasteiger charge is 2.15. The Bertz CT molecular complexity index is 623. The molecule has 0 spiro atoms. The zero-order valence-electron chi connectivity index (χ0n) is 12.1. The normalized spacial score (nSPS) is 10.2. The summed E-state index contributed by atoms with van der Waals surface area (Å²) in [5.41, 5.74) is 1.27. The first-order valence-corrected chi connectivity index (χ1v) is 6.88. The summed E-state index contributed by atoms with van der Waals surface area (Å²) in [5, 5.41) is 5.71. The van der Waals surface area contributed by atoms with Crippen molar-refractivity contribution in [3.63, 3.8) is 0 Å². The topological polar surface area (TPSA) is 54.0 Å². The zero-order chi connectivity index (χ0) is 15.2. The maximum Gasteiger partial charge on any atom is 0.259 e. The van der Waals surface area contributed by atoms with Gasteiger partial charge in [0.1, 0.15) is 11.6 Å². The molecule has 0 fully saturated rings. The molecule has 0 atom stereocenters. The van der Waals surface area contributed by atoms with E-state index in [4.69, 9.17) is 0 Å². The molecule has 0 unspecified atom stereocenters. The number of amides is 1. The second kappa shape index (κ2) is 6.83. The number of pyridine rings is 1. The summed E-state index contributed by atoms with van der Waals surface area (Å²) in [6.45, 7) is 4.49. The average Bonchev–Trinajstić information content (AvgIpc) is 2.49. The molecule has 2 N–H and O–H groups in total. The molecule has 2 rings (SSSR count). The Morgan fingerprint density at radius 1 is 1.29 bits per heavy atom. The van der Waals surface area contributed by atoms with Crippen LogP contribution in [0.4, 0.5) is 15.9 Å². The molecule has 1 amide bonds. The SMILES string of the molecule is CCCNc1ncccc1C(=O)Nc1c(C)cccc1F. The molecule has 110 valence electrons. The molecule has 0 saturated heterocycles. The molecular weight excluding hydrogens is 269 g/mol. The average molecular weight is 287 g/mol. The van der Waals surface area contributed by atoms with Crippen LogP contribution in [0.1, 0.15) is 29.3 Å². The van der Waals surface area contributed by atoms with E-state index in [9.17, 15) is 9.18 Å². The minimum Gasteiger partial charge on any atom is -0.369 e. The number of rotatable bonds is 5. The van der Waals surface area contributed by atoms with Gasteiger partial charge in [0, 0.05) is 12.7 Å². The first-order valence-electron chi connectivity index (χ1n) is 6.88. The number of hydrogen-bond acceptors (Lipinski definition) is 3. The van der Waals surface area contributed by atoms with Crippen LogP contribution in [0.3, 0.4) is 0 Å². The number of para-hydroxylation sites is 1. The Labute approximate surface area is 123 Å². The van der Waals surface area contributed by atoms with E-state index in [1.165, 1.54) is 6.07 Å². The van der Waals surface area contributed by atoms with Crippen LogP contribution in [0.2, 0.25) is 0 Å². The molecule has 0 aliphatic rings. The Kier molecular flexibility index (Phi) is 4.87. The van der Waals surface area contributed by atoms with E-state index >= 15 is 0 Å². The van der Waals surface area contributed by atoms with Crippen LogP contribution in [0.25, 0.3) is 0 Å². The van der Waals surface area contributed by atoms with Crippen molar-refractivity contribution in [3.8, 4) is 0 Å². The van der Waals surface area contributed by atoms with E-state index in [-0.39, 0.29) is 11.6 Å². The van der Waals surface area contributed by atoms with Crippen molar-refractivity contribution in [3.05, 3.63) is 53.5 Å². The molecule has 0 aliphatic heterocycles. The minimum absolute atomic E-state index is 0.202. The number of nitrogens with zero attached hydrogens (tertiary/aromatic N) is 1. The summed E-state index contributed by atoms with van der Waals surface area (Å²) < 4.78 is 13.8. The quantitative estimate of drug-likeness (QED) is 0.883. The zero-order valence-corrected chi connectivity index (χ0v) is 12.1. The highest BCUT2D eigenvalue weighted by atomic mass is 19.1. The van der Waals surface area contributed by atoms with Gasteiger partial charge in [0.25, 0.3) is 5.91 Å². The summed E-state index contributed by atoms with van der Waals surface area (Å²) >= 11 is 0. The maximum atomic E-state index is 13.8. The third kappa shape index (κ3) is 3.56. The predicted molar refractivity (Wildman–Crippen MR) is 82.1 cm³/mol. The number of halogens is 1. The first kappa shape index (κ1) is 15.0. The van der Waals surface area contributed by atoms with Crippen molar-refractivity contribution in [1.29, 1.82) is 0 Å². The summed E-state index contributed by atoms with van der Waals surface area (Å²) in [5.74, 6) is -0.323. The fourth-order valence-electron chi connectivity index (χ4n) is 1.94. The second-order valence-corrected chi connectivity index (χ2v) is 4.71. The largest absolute Gasteiger partial charge is 0.369 e. The number of carbonyl (C=O) groups excluding carboxylic acids is 1. The standard InChI is InChI=1S/C16H18FN3O/c1-3-9-18-15-12(7-5-10-19-15)16(21)20-14-11(2)6-4-8-13(14)17/h4-8,10H,3,9H2,1-2H3,(H,18,19)(H,20,21). The summed E-state index contributed by atoms with van der Waals surface area (Å²) in [4.78, 5) is 16.5. The smallest absolute Gasteiger partial charge is 0.259 e. The molecule has 0 radical (unpaired) electrons. The van der Waals surface area contributed by atoms with E-state index in [1.54, 1.807) is 37.4 Å². The van der Waals surface area contributed by atoms with Crippen LogP contribution in [-0.2, 0) is 0 Å². The summed E-state index contributed by atoms with van der Waals surface area (Å²) in [6.07, 6.45) is 2.53. The molecule has 0 aliphatic carbocycles. The number of benzene rings is 1. The van der Waals surface area contributed by atoms with Gasteiger partial charge in [0.2, 0.25) is 0 Å². The third-order valence-electron chi connectivity index (χ3n) is 3.06. The second-order valence-electron chi connectivity index (χ2n) is 4.71. The summed E-state index contributed by atoms with van der Waals surface area (Å²) in [7, 11) is 0. The van der Waals surface area contributed by atoms with Crippen molar-refractivity contribution in [1.82, 2.24) is 4.98 Å². The highest BCUT2D eigenvalue weighted by molar-refractivity contribution is 6.07. The number of aryl methyl sites for hydroxylation is 1. The predicted octanol–water partition coefficient (Wildman–Crippen LogP) is 3.60. The Hall–Kier alpha value is -2.43. The van der Waals surface area contributed by atoms with E-state index in [0.717, 1.165) is 13.0 Å². The van der Waals surface area contributed by atoms with Gasteiger partial charge < -0.3 is 10.6 Å². The van der Waals surface area contributed by atoms with Crippen molar-refractivity contribution in [2.75, 3.05) is 17.2 Å². The fourth-order valence-corrected chi connectivity index (χ4v) is 1.94. The lowest BCUT2D eigenvalue weighted by Gasteiger charge is -2.12. The van der Waals surface area contributed by atoms with Crippen molar-refractivity contribution >= 4 is 17.4 Å². The Morgan fingerprint density at radius 3 is 2.81 bits per heavy atom. The van der Waals surface area contributed by atoms with Gasteiger partial charge in [-0.2, -0.15) is 0 Å². The van der Waals surface area contributed by atoms with Crippen LogP contribution in [0.5, 0.6) is 0 Å². The first-order chi connectivity index (χ1) is 10.1. The molecule has 1 heterocycles. The molecule has 0 saturated carbocycles. The van der Waals surface area contributed by atoms with Gasteiger partial charge in [-0.05, 0) is 37.1 Å². The highest BCUT2D eigenvalue weighted by Crippen LogP contribution is 2.21. The molecule has 21 heavy (non-hydrogen) atoms. The number of hydrogen-bond donors (Lipinski definition) is 2. The number of nitrogens with one attached hydrogen (secondary N) is 2. The van der Waals surface area contributed by atoms with Crippen LogP contribution in [0, 0.1) is 12.7 Å². The van der Waals surface area contributed by atoms with E-state index in [2.05, 4.69) is 15.6 Å². The molecular formula is C16H18FN3O. The van der Waals surface area contributed by atoms with Gasteiger partial charge in [-0.25, -0.2) is 9.37 Å². The van der Waals surface area contributed by atoms with Gasteiger partial charge in [-0.15, -0.1) is 0 Å². The van der Waals surface area contributed by atoms with Gasteiger partial charge >= 0.3 is 0 Å². The number of anilines is 2. The molecule has 2 aromatic rings. The Balaban J connectivity index is 2.25. The van der Waals surface area contributed by atoms with Gasteiger partial charge in [-0.1, -0.05) is 19.1 Å². The third-order valence-corrected chi connectivity index (χ3v) is 3.06. The molecule has 5 heteroatoms. The molecule has 4 nitrogen and oxygen atoms in total. The molecule has 1 aromatic heterocycles.